The highest BCUT2D eigenvalue weighted by Crippen LogP contribution is 2.19. The van der Waals surface area contributed by atoms with Crippen molar-refractivity contribution in [3.8, 4) is 0 Å². The van der Waals surface area contributed by atoms with E-state index in [0.717, 1.165) is 6.07 Å². The molecule has 0 saturated heterocycles. The fraction of sp³-hybridized carbons (Fsp3) is 0.143. The maximum atomic E-state index is 12.2. The second kappa shape index (κ2) is 3.78. The van der Waals surface area contributed by atoms with Crippen molar-refractivity contribution in [2.45, 2.75) is 6.43 Å². The highest BCUT2D eigenvalue weighted by atomic mass is 79.9. The average Bonchev–Trinajstić information content (AvgIpc) is 2.01. The van der Waals surface area contributed by atoms with Crippen LogP contribution in [0.25, 0.3) is 0 Å². The number of pyridine rings is 1. The third-order valence-corrected chi connectivity index (χ3v) is 1.84. The van der Waals surface area contributed by atoms with Gasteiger partial charge in [0.15, 0.2) is 6.29 Å². The second-order valence-corrected chi connectivity index (χ2v) is 3.09. The summed E-state index contributed by atoms with van der Waals surface area (Å²) in [6, 6.07) is 1.13. The maximum Gasteiger partial charge on any atom is 0.269 e. The van der Waals surface area contributed by atoms with Crippen LogP contribution in [0.1, 0.15) is 22.3 Å². The molecule has 0 saturated carbocycles. The van der Waals surface area contributed by atoms with Gasteiger partial charge >= 0.3 is 0 Å². The summed E-state index contributed by atoms with van der Waals surface area (Å²) in [7, 11) is 0. The van der Waals surface area contributed by atoms with E-state index in [2.05, 4.69) is 20.9 Å². The molecule has 0 aliphatic carbocycles. The van der Waals surface area contributed by atoms with Crippen LogP contribution in [0, 0.1) is 0 Å². The molecule has 6 heteroatoms. The van der Waals surface area contributed by atoms with Gasteiger partial charge in [-0.1, -0.05) is 0 Å². The Balaban J connectivity index is 3.47. The van der Waals surface area contributed by atoms with Gasteiger partial charge in [0.1, 0.15) is 0 Å². The Labute approximate surface area is 79.9 Å². The maximum absolute atomic E-state index is 12.2. The highest BCUT2D eigenvalue weighted by molar-refractivity contribution is 9.10. The number of aromatic amines is 1. The van der Waals surface area contributed by atoms with Crippen LogP contribution in [0.15, 0.2) is 15.5 Å². The molecule has 3 nitrogen and oxygen atoms in total. The summed E-state index contributed by atoms with van der Waals surface area (Å²) >= 11 is 2.88. The monoisotopic (exact) mass is 251 g/mol. The van der Waals surface area contributed by atoms with Crippen LogP contribution < -0.4 is 5.56 Å². The molecule has 0 unspecified atom stereocenters. The van der Waals surface area contributed by atoms with Crippen LogP contribution in [-0.4, -0.2) is 11.3 Å². The Bertz CT molecular complexity index is 389. The fourth-order valence-corrected chi connectivity index (χ4v) is 1.31. The van der Waals surface area contributed by atoms with E-state index in [0.29, 0.717) is 0 Å². The molecular formula is C7H4BrF2NO2. The first-order valence-corrected chi connectivity index (χ1v) is 4.01. The number of halogens is 3. The van der Waals surface area contributed by atoms with Gasteiger partial charge in [0, 0.05) is 5.56 Å². The first-order chi connectivity index (χ1) is 6.06. The Hall–Kier alpha value is -1.04. The summed E-state index contributed by atoms with van der Waals surface area (Å²) in [5.41, 5.74) is -2.05. The third kappa shape index (κ3) is 2.00. The van der Waals surface area contributed by atoms with E-state index in [-0.39, 0.29) is 16.5 Å². The van der Waals surface area contributed by atoms with E-state index in [1.54, 1.807) is 0 Å². The SMILES string of the molecule is O=Cc1cc(Br)[nH]c(=O)c1C(F)F. The minimum Gasteiger partial charge on any atom is -0.316 e. The fourth-order valence-electron chi connectivity index (χ4n) is 0.880. The first-order valence-electron chi connectivity index (χ1n) is 3.22. The van der Waals surface area contributed by atoms with Crippen molar-refractivity contribution < 1.29 is 13.6 Å². The van der Waals surface area contributed by atoms with Crippen molar-refractivity contribution in [1.29, 1.82) is 0 Å². The summed E-state index contributed by atoms with van der Waals surface area (Å²) < 4.78 is 24.6. The van der Waals surface area contributed by atoms with Gasteiger partial charge in [0.2, 0.25) is 0 Å². The molecule has 0 aliphatic heterocycles. The molecule has 1 rings (SSSR count). The Morgan fingerprint density at radius 2 is 2.15 bits per heavy atom. The molecule has 1 aromatic rings. The van der Waals surface area contributed by atoms with Gasteiger partial charge in [-0.3, -0.25) is 9.59 Å². The molecule has 0 aromatic carbocycles. The predicted molar refractivity (Wildman–Crippen MR) is 45.1 cm³/mol. The number of nitrogens with one attached hydrogen (secondary N) is 1. The number of hydrogen-bond acceptors (Lipinski definition) is 2. The van der Waals surface area contributed by atoms with Gasteiger partial charge in [-0.25, -0.2) is 8.78 Å². The van der Waals surface area contributed by atoms with Gasteiger partial charge in [0.05, 0.1) is 10.2 Å². The van der Waals surface area contributed by atoms with Gasteiger partial charge in [0.25, 0.3) is 12.0 Å². The summed E-state index contributed by atoms with van der Waals surface area (Å²) in [5.74, 6) is 0. The van der Waals surface area contributed by atoms with E-state index >= 15 is 0 Å². The zero-order chi connectivity index (χ0) is 10.0. The Kier molecular flexibility index (Phi) is 2.92. The predicted octanol–water partition coefficient (Wildman–Crippen LogP) is 1.89. The highest BCUT2D eigenvalue weighted by Gasteiger charge is 2.17. The van der Waals surface area contributed by atoms with Crippen molar-refractivity contribution in [3.05, 3.63) is 32.2 Å². The molecule has 0 spiro atoms. The van der Waals surface area contributed by atoms with Crippen LogP contribution in [0.5, 0.6) is 0 Å². The molecule has 0 bridgehead atoms. The van der Waals surface area contributed by atoms with Crippen LogP contribution in [-0.2, 0) is 0 Å². The minimum atomic E-state index is -2.95. The zero-order valence-electron chi connectivity index (χ0n) is 6.18. The van der Waals surface area contributed by atoms with Crippen molar-refractivity contribution in [2.24, 2.45) is 0 Å². The number of hydrogen-bond donors (Lipinski definition) is 1. The summed E-state index contributed by atoms with van der Waals surface area (Å²) in [5, 5.41) is 0. The number of carbonyl (C=O) groups is 1. The summed E-state index contributed by atoms with van der Waals surface area (Å²) in [6.45, 7) is 0. The van der Waals surface area contributed by atoms with Crippen molar-refractivity contribution in [1.82, 2.24) is 4.98 Å². The lowest BCUT2D eigenvalue weighted by Gasteiger charge is -2.01. The molecule has 0 radical (unpaired) electrons. The standard InChI is InChI=1S/C7H4BrF2NO2/c8-4-1-3(2-12)5(6(9)10)7(13)11-4/h1-2,6H,(H,11,13). The van der Waals surface area contributed by atoms with E-state index in [1.165, 1.54) is 0 Å². The number of aromatic nitrogens is 1. The second-order valence-electron chi connectivity index (χ2n) is 2.23. The average molecular weight is 252 g/mol. The largest absolute Gasteiger partial charge is 0.316 e. The number of H-pyrrole nitrogens is 1. The van der Waals surface area contributed by atoms with Crippen molar-refractivity contribution in [3.63, 3.8) is 0 Å². The lowest BCUT2D eigenvalue weighted by molar-refractivity contribution is 0.110. The lowest BCUT2D eigenvalue weighted by atomic mass is 10.1. The van der Waals surface area contributed by atoms with Gasteiger partial charge < -0.3 is 4.98 Å². The van der Waals surface area contributed by atoms with Crippen LogP contribution in [0.4, 0.5) is 8.78 Å². The molecule has 0 aliphatic rings. The quantitative estimate of drug-likeness (QED) is 0.645. The van der Waals surface area contributed by atoms with E-state index in [9.17, 15) is 18.4 Å². The zero-order valence-corrected chi connectivity index (χ0v) is 7.77. The van der Waals surface area contributed by atoms with E-state index in [1.807, 2.05) is 0 Å². The first kappa shape index (κ1) is 10.0. The summed E-state index contributed by atoms with van der Waals surface area (Å²) in [4.78, 5) is 23.4. The molecule has 13 heavy (non-hydrogen) atoms. The van der Waals surface area contributed by atoms with E-state index < -0.39 is 17.5 Å². The molecule has 0 amide bonds. The molecule has 1 aromatic heterocycles. The van der Waals surface area contributed by atoms with Gasteiger partial charge in [-0.05, 0) is 22.0 Å². The number of alkyl halides is 2. The lowest BCUT2D eigenvalue weighted by Crippen LogP contribution is -2.16. The normalized spacial score (nSPS) is 10.5. The summed E-state index contributed by atoms with van der Waals surface area (Å²) in [6.07, 6.45) is -2.72. The molecule has 0 fully saturated rings. The number of carbonyl (C=O) groups excluding carboxylic acids is 1. The molecule has 1 heterocycles. The Morgan fingerprint density at radius 3 is 2.62 bits per heavy atom. The van der Waals surface area contributed by atoms with Crippen molar-refractivity contribution in [2.75, 3.05) is 0 Å². The van der Waals surface area contributed by atoms with Gasteiger partial charge in [-0.15, -0.1) is 0 Å². The van der Waals surface area contributed by atoms with Crippen LogP contribution in [0.3, 0.4) is 0 Å². The topological polar surface area (TPSA) is 49.9 Å². The van der Waals surface area contributed by atoms with Crippen LogP contribution >= 0.6 is 15.9 Å². The van der Waals surface area contributed by atoms with Crippen molar-refractivity contribution >= 4 is 22.2 Å². The molecular weight excluding hydrogens is 248 g/mol. The smallest absolute Gasteiger partial charge is 0.269 e. The van der Waals surface area contributed by atoms with Crippen LogP contribution in [0.2, 0.25) is 0 Å². The number of rotatable bonds is 2. The molecule has 70 valence electrons. The molecule has 1 N–H and O–H groups in total. The third-order valence-electron chi connectivity index (χ3n) is 1.42. The van der Waals surface area contributed by atoms with E-state index in [4.69, 9.17) is 0 Å². The Morgan fingerprint density at radius 1 is 1.54 bits per heavy atom. The van der Waals surface area contributed by atoms with Gasteiger partial charge in [-0.2, -0.15) is 0 Å². The minimum absolute atomic E-state index is 0.198. The molecule has 0 atom stereocenters. The number of aldehydes is 1.